The maximum atomic E-state index is 13.6. The minimum Gasteiger partial charge on any atom is -0.492 e. The molecule has 6 heteroatoms. The van der Waals surface area contributed by atoms with E-state index in [2.05, 4.69) is 32.7 Å². The fraction of sp³-hybridized carbons (Fsp3) is 0.414. The molecule has 2 saturated heterocycles. The van der Waals surface area contributed by atoms with Gasteiger partial charge in [-0.2, -0.15) is 11.3 Å². The summed E-state index contributed by atoms with van der Waals surface area (Å²) in [7, 11) is 0. The number of thiophene rings is 1. The van der Waals surface area contributed by atoms with Crippen LogP contribution in [0.5, 0.6) is 5.75 Å². The van der Waals surface area contributed by atoms with E-state index in [9.17, 15) is 9.18 Å². The molecule has 2 fully saturated rings. The topological polar surface area (TPSA) is 32.8 Å². The van der Waals surface area contributed by atoms with Gasteiger partial charge >= 0.3 is 0 Å². The van der Waals surface area contributed by atoms with Gasteiger partial charge in [-0.15, -0.1) is 0 Å². The summed E-state index contributed by atoms with van der Waals surface area (Å²) in [5.41, 5.74) is 4.46. The molecule has 182 valence electrons. The average Bonchev–Trinajstić information content (AvgIpc) is 3.65. The van der Waals surface area contributed by atoms with Crippen molar-refractivity contribution < 1.29 is 13.9 Å². The second-order valence-electron chi connectivity index (χ2n) is 10.2. The van der Waals surface area contributed by atoms with E-state index in [0.717, 1.165) is 63.3 Å². The lowest BCUT2D eigenvalue weighted by atomic mass is 9.87. The predicted octanol–water partition coefficient (Wildman–Crippen LogP) is 5.56. The number of amides is 1. The summed E-state index contributed by atoms with van der Waals surface area (Å²) in [5.74, 6) is 1.99. The smallest absolute Gasteiger partial charge is 0.257 e. The van der Waals surface area contributed by atoms with E-state index in [1.165, 1.54) is 11.1 Å². The summed E-state index contributed by atoms with van der Waals surface area (Å²) < 4.78 is 19.2. The van der Waals surface area contributed by atoms with Gasteiger partial charge in [0.1, 0.15) is 11.6 Å². The average molecular weight is 491 g/mol. The zero-order valence-electron chi connectivity index (χ0n) is 19.9. The summed E-state index contributed by atoms with van der Waals surface area (Å²) in [6.45, 7) is 5.29. The molecule has 2 atom stereocenters. The van der Waals surface area contributed by atoms with E-state index in [1.807, 2.05) is 24.3 Å². The maximum absolute atomic E-state index is 13.6. The Kier molecular flexibility index (Phi) is 6.33. The largest absolute Gasteiger partial charge is 0.492 e. The highest BCUT2D eigenvalue weighted by atomic mass is 32.1. The van der Waals surface area contributed by atoms with Crippen LogP contribution in [0.25, 0.3) is 0 Å². The number of benzene rings is 2. The van der Waals surface area contributed by atoms with Gasteiger partial charge in [0.05, 0.1) is 12.2 Å². The molecule has 1 amide bonds. The van der Waals surface area contributed by atoms with Crippen LogP contribution in [-0.4, -0.2) is 55.0 Å². The third kappa shape index (κ3) is 4.62. The van der Waals surface area contributed by atoms with Gasteiger partial charge in [0.2, 0.25) is 0 Å². The molecule has 0 bridgehead atoms. The van der Waals surface area contributed by atoms with Gasteiger partial charge in [-0.1, -0.05) is 24.3 Å². The zero-order valence-corrected chi connectivity index (χ0v) is 20.7. The van der Waals surface area contributed by atoms with Gasteiger partial charge in [-0.05, 0) is 89.5 Å². The minimum absolute atomic E-state index is 0.0986. The normalized spacial score (nSPS) is 22.8. The van der Waals surface area contributed by atoms with Crippen molar-refractivity contribution in [1.82, 2.24) is 9.80 Å². The van der Waals surface area contributed by atoms with E-state index in [0.29, 0.717) is 29.9 Å². The first kappa shape index (κ1) is 22.7. The first-order valence-corrected chi connectivity index (χ1v) is 13.6. The third-order valence-corrected chi connectivity index (χ3v) is 8.77. The number of piperidine rings is 1. The Morgan fingerprint density at radius 1 is 1.03 bits per heavy atom. The first-order chi connectivity index (χ1) is 17.2. The number of carbonyl (C=O) groups excluding carboxylic acids is 1. The van der Waals surface area contributed by atoms with Crippen molar-refractivity contribution in [1.29, 1.82) is 0 Å². The molecule has 3 aliphatic rings. The van der Waals surface area contributed by atoms with E-state index >= 15 is 0 Å². The van der Waals surface area contributed by atoms with Gasteiger partial charge in [0.15, 0.2) is 0 Å². The predicted molar refractivity (Wildman–Crippen MR) is 137 cm³/mol. The van der Waals surface area contributed by atoms with Gasteiger partial charge < -0.3 is 14.5 Å². The molecular formula is C29H31FN2O2S. The van der Waals surface area contributed by atoms with Crippen LogP contribution < -0.4 is 4.74 Å². The van der Waals surface area contributed by atoms with E-state index < -0.39 is 0 Å². The van der Waals surface area contributed by atoms with Crippen LogP contribution in [0.1, 0.15) is 51.7 Å². The second kappa shape index (κ2) is 9.75. The van der Waals surface area contributed by atoms with Crippen LogP contribution in [0.3, 0.4) is 0 Å². The van der Waals surface area contributed by atoms with Crippen molar-refractivity contribution in [3.63, 3.8) is 0 Å². The van der Waals surface area contributed by atoms with E-state index in [-0.39, 0.29) is 11.7 Å². The molecular weight excluding hydrogens is 459 g/mol. The van der Waals surface area contributed by atoms with E-state index in [4.69, 9.17) is 4.74 Å². The quantitative estimate of drug-likeness (QED) is 0.470. The molecule has 0 spiro atoms. The van der Waals surface area contributed by atoms with Crippen molar-refractivity contribution in [3.8, 4) is 5.75 Å². The lowest BCUT2D eigenvalue weighted by Gasteiger charge is -2.34. The van der Waals surface area contributed by atoms with Crippen LogP contribution >= 0.6 is 11.3 Å². The Labute approximate surface area is 210 Å². The number of halogens is 1. The third-order valence-electron chi connectivity index (χ3n) is 8.07. The highest BCUT2D eigenvalue weighted by Gasteiger charge is 2.39. The minimum atomic E-state index is -0.169. The second-order valence-corrected chi connectivity index (χ2v) is 10.9. The van der Waals surface area contributed by atoms with Crippen molar-refractivity contribution >= 4 is 17.2 Å². The summed E-state index contributed by atoms with van der Waals surface area (Å²) in [4.78, 5) is 18.2. The van der Waals surface area contributed by atoms with Crippen LogP contribution in [0.4, 0.5) is 4.39 Å². The number of carbonyl (C=O) groups is 1. The van der Waals surface area contributed by atoms with Crippen molar-refractivity contribution in [2.75, 3.05) is 39.3 Å². The number of hydrogen-bond donors (Lipinski definition) is 0. The molecule has 0 unspecified atom stereocenters. The van der Waals surface area contributed by atoms with Crippen molar-refractivity contribution in [2.24, 2.45) is 5.92 Å². The van der Waals surface area contributed by atoms with Crippen LogP contribution in [0.15, 0.2) is 59.3 Å². The number of likely N-dealkylation sites (tertiary alicyclic amines) is 2. The lowest BCUT2D eigenvalue weighted by molar-refractivity contribution is 0.0778. The summed E-state index contributed by atoms with van der Waals surface area (Å²) in [6, 6.07) is 15.2. The molecule has 0 aliphatic carbocycles. The lowest BCUT2D eigenvalue weighted by Crippen LogP contribution is -2.38. The molecule has 2 aromatic carbocycles. The SMILES string of the molecule is O=C(c1cccc2c1OCC2)N1C[C@@H](CN2CCC(c3ccc(F)cc3)CC2)[C@H](c2ccsc2)C1. The molecule has 35 heavy (non-hydrogen) atoms. The molecule has 1 aromatic heterocycles. The number of rotatable bonds is 5. The Morgan fingerprint density at radius 2 is 1.86 bits per heavy atom. The Bertz CT molecular complexity index is 1170. The molecule has 0 saturated carbocycles. The Morgan fingerprint density at radius 3 is 2.63 bits per heavy atom. The fourth-order valence-electron chi connectivity index (χ4n) is 6.16. The van der Waals surface area contributed by atoms with Gasteiger partial charge in [0, 0.05) is 32.0 Å². The number of hydrogen-bond acceptors (Lipinski definition) is 4. The number of nitrogens with zero attached hydrogens (tertiary/aromatic N) is 2. The van der Waals surface area contributed by atoms with Gasteiger partial charge in [-0.25, -0.2) is 4.39 Å². The first-order valence-electron chi connectivity index (χ1n) is 12.7. The standard InChI is InChI=1S/C29H31FN2O2S/c30-25-6-4-20(5-7-25)21-8-12-31(13-9-21)16-24-17-32(18-27(24)23-11-15-35-19-23)29(33)26-3-1-2-22-10-14-34-28(22)26/h1-7,11,15,19,21,24,27H,8-10,12-14,16-18H2/t24-,27+/m1/s1. The van der Waals surface area contributed by atoms with Crippen LogP contribution in [0.2, 0.25) is 0 Å². The number of para-hydroxylation sites is 1. The Hall–Kier alpha value is -2.70. The summed E-state index contributed by atoms with van der Waals surface area (Å²) in [6.07, 6.45) is 3.07. The maximum Gasteiger partial charge on any atom is 0.257 e. The summed E-state index contributed by atoms with van der Waals surface area (Å²) >= 11 is 1.73. The Balaban J connectivity index is 1.15. The van der Waals surface area contributed by atoms with Crippen LogP contribution in [-0.2, 0) is 6.42 Å². The van der Waals surface area contributed by atoms with Gasteiger partial charge in [0.25, 0.3) is 5.91 Å². The molecule has 3 aliphatic heterocycles. The highest BCUT2D eigenvalue weighted by molar-refractivity contribution is 7.08. The number of ether oxygens (including phenoxy) is 1. The zero-order chi connectivity index (χ0) is 23.8. The molecule has 6 rings (SSSR count). The molecule has 0 N–H and O–H groups in total. The van der Waals surface area contributed by atoms with Crippen molar-refractivity contribution in [3.05, 3.63) is 87.4 Å². The van der Waals surface area contributed by atoms with E-state index in [1.54, 1.807) is 23.5 Å². The molecule has 3 aromatic rings. The van der Waals surface area contributed by atoms with Crippen LogP contribution in [0, 0.1) is 11.7 Å². The molecule has 4 heterocycles. The number of fused-ring (bicyclic) bond motifs is 1. The monoisotopic (exact) mass is 490 g/mol. The van der Waals surface area contributed by atoms with Gasteiger partial charge in [-0.3, -0.25) is 4.79 Å². The van der Waals surface area contributed by atoms with Crippen molar-refractivity contribution in [2.45, 2.75) is 31.1 Å². The molecule has 4 nitrogen and oxygen atoms in total. The highest BCUT2D eigenvalue weighted by Crippen LogP contribution is 2.38. The molecule has 0 radical (unpaired) electrons. The summed E-state index contributed by atoms with van der Waals surface area (Å²) in [5, 5.41) is 4.39. The fourth-order valence-corrected chi connectivity index (χ4v) is 6.88.